The van der Waals surface area contributed by atoms with Gasteiger partial charge in [-0.25, -0.2) is 18.8 Å². The lowest BCUT2D eigenvalue weighted by Crippen LogP contribution is -2.36. The summed E-state index contributed by atoms with van der Waals surface area (Å²) in [4.78, 5) is 26.2. The molecule has 0 atom stereocenters. The quantitative estimate of drug-likeness (QED) is 0.487. The van der Waals surface area contributed by atoms with Gasteiger partial charge in [0.2, 0.25) is 5.89 Å². The Bertz CT molecular complexity index is 1150. The maximum Gasteiger partial charge on any atom is 0.276 e. The summed E-state index contributed by atoms with van der Waals surface area (Å²) in [6, 6.07) is 5.76. The third-order valence-electron chi connectivity index (χ3n) is 5.70. The van der Waals surface area contributed by atoms with Gasteiger partial charge in [-0.05, 0) is 31.7 Å². The standard InChI is InChI=1S/C21H21ClF2N6O2/c1-25-19-17(30(3)11-26-19)20(31)29(2)10-16-27-18(28-32-16)12-7-14(8-12)21(23,24)13-5-4-6-15(22)9-13/h4-6,9,11-12,14H,1,7-8,10H2,2-3H3/t12-,14-. The fourth-order valence-corrected chi connectivity index (χ4v) is 3.98. The first kappa shape index (κ1) is 22.1. The first-order chi connectivity index (χ1) is 15.2. The number of aryl methyl sites for hydroxylation is 1. The van der Waals surface area contributed by atoms with Crippen LogP contribution >= 0.6 is 11.6 Å². The van der Waals surface area contributed by atoms with E-state index in [0.717, 1.165) is 0 Å². The summed E-state index contributed by atoms with van der Waals surface area (Å²) in [7, 11) is 3.26. The summed E-state index contributed by atoms with van der Waals surface area (Å²) in [5.41, 5.74) is 0.193. The topological polar surface area (TPSA) is 89.4 Å². The Morgan fingerprint density at radius 3 is 2.88 bits per heavy atom. The monoisotopic (exact) mass is 462 g/mol. The highest BCUT2D eigenvalue weighted by atomic mass is 35.5. The van der Waals surface area contributed by atoms with Gasteiger partial charge in [0, 0.05) is 36.5 Å². The number of benzene rings is 1. The van der Waals surface area contributed by atoms with Crippen LogP contribution in [0.5, 0.6) is 0 Å². The number of carbonyl (C=O) groups excluding carboxylic acids is 1. The van der Waals surface area contributed by atoms with Crippen LogP contribution in [-0.2, 0) is 19.5 Å². The summed E-state index contributed by atoms with van der Waals surface area (Å²) in [6.45, 7) is 3.48. The molecule has 0 saturated heterocycles. The number of nitrogens with zero attached hydrogens (tertiary/aromatic N) is 6. The number of alkyl halides is 2. The van der Waals surface area contributed by atoms with E-state index in [-0.39, 0.29) is 59.2 Å². The minimum absolute atomic E-state index is 0.0580. The van der Waals surface area contributed by atoms with Gasteiger partial charge < -0.3 is 14.0 Å². The number of carbonyl (C=O) groups is 1. The van der Waals surface area contributed by atoms with Crippen molar-refractivity contribution >= 4 is 30.0 Å². The Morgan fingerprint density at radius 1 is 1.44 bits per heavy atom. The van der Waals surface area contributed by atoms with Crippen molar-refractivity contribution in [2.24, 2.45) is 18.0 Å². The summed E-state index contributed by atoms with van der Waals surface area (Å²) in [5.74, 6) is -3.55. The summed E-state index contributed by atoms with van der Waals surface area (Å²) in [6.07, 6.45) is 1.94. The number of aromatic nitrogens is 4. The van der Waals surface area contributed by atoms with Gasteiger partial charge in [0.15, 0.2) is 17.3 Å². The third kappa shape index (κ3) is 4.02. The normalized spacial score (nSPS) is 18.3. The molecule has 1 fully saturated rings. The van der Waals surface area contributed by atoms with Crippen molar-refractivity contribution in [1.29, 1.82) is 0 Å². The van der Waals surface area contributed by atoms with E-state index in [1.165, 1.54) is 29.4 Å². The molecule has 0 radical (unpaired) electrons. The van der Waals surface area contributed by atoms with Crippen LogP contribution in [0, 0.1) is 5.92 Å². The van der Waals surface area contributed by atoms with E-state index in [9.17, 15) is 13.6 Å². The molecule has 0 unspecified atom stereocenters. The molecule has 0 spiro atoms. The summed E-state index contributed by atoms with van der Waals surface area (Å²) >= 11 is 5.86. The van der Waals surface area contributed by atoms with Crippen LogP contribution in [0.3, 0.4) is 0 Å². The zero-order chi connectivity index (χ0) is 23.0. The molecule has 1 aromatic carbocycles. The summed E-state index contributed by atoms with van der Waals surface area (Å²) < 4.78 is 36.4. The van der Waals surface area contributed by atoms with Crippen molar-refractivity contribution in [1.82, 2.24) is 24.6 Å². The molecule has 0 bridgehead atoms. The Morgan fingerprint density at radius 2 is 2.19 bits per heavy atom. The van der Waals surface area contributed by atoms with Gasteiger partial charge in [-0.3, -0.25) is 4.79 Å². The SMILES string of the molecule is C=Nc1ncn(C)c1C(=O)N(C)Cc1nc([C@H]2C[C@H](C(F)(F)c3cccc(Cl)c3)C2)no1. The Labute approximate surface area is 187 Å². The van der Waals surface area contributed by atoms with Crippen molar-refractivity contribution in [2.45, 2.75) is 31.2 Å². The number of halogens is 3. The second-order valence-corrected chi connectivity index (χ2v) is 8.33. The first-order valence-corrected chi connectivity index (χ1v) is 10.3. The minimum Gasteiger partial charge on any atom is -0.337 e. The first-order valence-electron chi connectivity index (χ1n) is 9.90. The number of amides is 1. The molecule has 2 heterocycles. The molecule has 0 N–H and O–H groups in total. The Kier molecular flexibility index (Phi) is 5.81. The third-order valence-corrected chi connectivity index (χ3v) is 5.93. The smallest absolute Gasteiger partial charge is 0.276 e. The maximum atomic E-state index is 14.8. The van der Waals surface area contributed by atoms with E-state index in [2.05, 4.69) is 26.8 Å². The lowest BCUT2D eigenvalue weighted by molar-refractivity contribution is -0.102. The van der Waals surface area contributed by atoms with Gasteiger partial charge in [-0.15, -0.1) is 0 Å². The molecule has 8 nitrogen and oxygen atoms in total. The fraction of sp³-hybridized carbons (Fsp3) is 0.381. The molecule has 0 aliphatic heterocycles. The second kappa shape index (κ2) is 8.42. The minimum atomic E-state index is -2.99. The maximum absolute atomic E-state index is 14.8. The average Bonchev–Trinajstić information content (AvgIpc) is 3.32. The largest absolute Gasteiger partial charge is 0.337 e. The molecule has 1 aliphatic carbocycles. The van der Waals surface area contributed by atoms with Gasteiger partial charge in [0.05, 0.1) is 6.33 Å². The summed E-state index contributed by atoms with van der Waals surface area (Å²) in [5, 5.41) is 4.21. The van der Waals surface area contributed by atoms with Crippen molar-refractivity contribution in [3.05, 3.63) is 58.6 Å². The molecule has 1 amide bonds. The van der Waals surface area contributed by atoms with Gasteiger partial charge in [0.25, 0.3) is 11.8 Å². The second-order valence-electron chi connectivity index (χ2n) is 7.89. The molecule has 3 aromatic rings. The van der Waals surface area contributed by atoms with Crippen LogP contribution in [0.15, 0.2) is 40.1 Å². The lowest BCUT2D eigenvalue weighted by Gasteiger charge is -2.38. The molecule has 32 heavy (non-hydrogen) atoms. The Hall–Kier alpha value is -3.14. The van der Waals surface area contributed by atoms with E-state index in [1.54, 1.807) is 24.7 Å². The van der Waals surface area contributed by atoms with Crippen molar-refractivity contribution in [3.63, 3.8) is 0 Å². The lowest BCUT2D eigenvalue weighted by atomic mass is 9.70. The number of aliphatic imine (C=N–C) groups is 1. The van der Waals surface area contributed by atoms with Gasteiger partial charge in [-0.1, -0.05) is 28.9 Å². The number of hydrogen-bond acceptors (Lipinski definition) is 6. The molecule has 1 aliphatic rings. The van der Waals surface area contributed by atoms with Crippen LogP contribution in [0.4, 0.5) is 14.6 Å². The van der Waals surface area contributed by atoms with Gasteiger partial charge in [0.1, 0.15) is 6.54 Å². The highest BCUT2D eigenvalue weighted by molar-refractivity contribution is 6.30. The molecule has 4 rings (SSSR count). The van der Waals surface area contributed by atoms with E-state index < -0.39 is 11.8 Å². The van der Waals surface area contributed by atoms with Crippen LogP contribution in [0.25, 0.3) is 0 Å². The van der Waals surface area contributed by atoms with E-state index in [4.69, 9.17) is 16.1 Å². The number of hydrogen-bond donors (Lipinski definition) is 0. The number of imidazole rings is 1. The van der Waals surface area contributed by atoms with E-state index in [0.29, 0.717) is 5.82 Å². The fourth-order valence-electron chi connectivity index (χ4n) is 3.79. The molecule has 11 heteroatoms. The van der Waals surface area contributed by atoms with E-state index >= 15 is 0 Å². The average molecular weight is 463 g/mol. The predicted molar refractivity (Wildman–Crippen MR) is 113 cm³/mol. The van der Waals surface area contributed by atoms with Gasteiger partial charge >= 0.3 is 0 Å². The molecule has 2 aromatic heterocycles. The molecular weight excluding hydrogens is 442 g/mol. The van der Waals surface area contributed by atoms with Crippen LogP contribution in [0.2, 0.25) is 5.02 Å². The van der Waals surface area contributed by atoms with Crippen LogP contribution in [0.1, 0.15) is 46.5 Å². The highest BCUT2D eigenvalue weighted by Gasteiger charge is 2.50. The highest BCUT2D eigenvalue weighted by Crippen LogP contribution is 2.52. The van der Waals surface area contributed by atoms with Crippen molar-refractivity contribution in [2.75, 3.05) is 7.05 Å². The van der Waals surface area contributed by atoms with Crippen LogP contribution in [-0.4, -0.2) is 44.3 Å². The predicted octanol–water partition coefficient (Wildman–Crippen LogP) is 4.35. The van der Waals surface area contributed by atoms with Crippen molar-refractivity contribution < 1.29 is 18.1 Å². The zero-order valence-electron chi connectivity index (χ0n) is 17.5. The zero-order valence-corrected chi connectivity index (χ0v) is 18.3. The van der Waals surface area contributed by atoms with Crippen LogP contribution < -0.4 is 0 Å². The van der Waals surface area contributed by atoms with E-state index in [1.807, 2.05) is 0 Å². The molecular formula is C21H21ClF2N6O2. The molecule has 1 saturated carbocycles. The number of rotatable bonds is 7. The van der Waals surface area contributed by atoms with Gasteiger partial charge in [-0.2, -0.15) is 4.98 Å². The molecule has 168 valence electrons. The van der Waals surface area contributed by atoms with Crippen molar-refractivity contribution in [3.8, 4) is 0 Å². The Balaban J connectivity index is 1.38.